The van der Waals surface area contributed by atoms with Crippen LogP contribution >= 0.6 is 0 Å². The van der Waals surface area contributed by atoms with E-state index >= 15 is 0 Å². The topological polar surface area (TPSA) is 17.4 Å². The summed E-state index contributed by atoms with van der Waals surface area (Å²) in [7, 11) is 0. The number of rotatable bonds is 3. The molecule has 3 heteroatoms. The largest absolute Gasteiger partial charge is 0.461 e. The van der Waals surface area contributed by atoms with Crippen LogP contribution in [0.4, 0.5) is 11.4 Å². The van der Waals surface area contributed by atoms with Crippen molar-refractivity contribution in [2.24, 2.45) is 5.92 Å². The predicted octanol–water partition coefficient (Wildman–Crippen LogP) is 10.7. The lowest BCUT2D eigenvalue weighted by Gasteiger charge is -2.28. The molecule has 5 aromatic carbocycles. The third kappa shape index (κ3) is 3.60. The van der Waals surface area contributed by atoms with Gasteiger partial charge in [0.1, 0.15) is 11.5 Å². The summed E-state index contributed by atoms with van der Waals surface area (Å²) >= 11 is 0. The van der Waals surface area contributed by atoms with Crippen LogP contribution in [-0.4, -0.2) is 10.6 Å². The maximum absolute atomic E-state index is 6.51. The molecule has 0 saturated carbocycles. The fraction of sp³-hybridized carbons (Fsp3) is 0.116. The average molecular weight is 593 g/mol. The van der Waals surface area contributed by atoms with Gasteiger partial charge in [-0.2, -0.15) is 0 Å². The molecule has 0 amide bonds. The van der Waals surface area contributed by atoms with Gasteiger partial charge in [-0.1, -0.05) is 122 Å². The molecule has 3 heterocycles. The number of hydrogen-bond donors (Lipinski definition) is 0. The number of ether oxygens (including phenoxy) is 1. The number of anilines is 2. The lowest BCUT2D eigenvalue weighted by Crippen LogP contribution is -2.28. The van der Waals surface area contributed by atoms with Gasteiger partial charge in [-0.15, -0.1) is 0 Å². The first kappa shape index (κ1) is 25.8. The quantitative estimate of drug-likeness (QED) is 0.203. The smallest absolute Gasteiger partial charge is 0.130 e. The van der Waals surface area contributed by atoms with Crippen LogP contribution in [0.3, 0.4) is 0 Å². The fourth-order valence-corrected chi connectivity index (χ4v) is 8.44. The Morgan fingerprint density at radius 1 is 0.674 bits per heavy atom. The lowest BCUT2D eigenvalue weighted by atomic mass is 9.83. The fourth-order valence-electron chi connectivity index (χ4n) is 8.44. The molecule has 4 atom stereocenters. The number of para-hydroxylation sites is 2. The molecular formula is C43H32N2O. The minimum absolute atomic E-state index is 0.203. The van der Waals surface area contributed by atoms with E-state index in [4.69, 9.17) is 4.74 Å². The number of aromatic nitrogens is 1. The van der Waals surface area contributed by atoms with Crippen LogP contribution in [-0.2, 0) is 0 Å². The molecule has 46 heavy (non-hydrogen) atoms. The number of fused-ring (bicyclic) bond motifs is 10. The van der Waals surface area contributed by atoms with E-state index in [2.05, 4.69) is 168 Å². The molecule has 3 nitrogen and oxygen atoms in total. The van der Waals surface area contributed by atoms with Gasteiger partial charge in [0.05, 0.1) is 23.0 Å². The minimum Gasteiger partial charge on any atom is -0.461 e. The highest BCUT2D eigenvalue weighted by Crippen LogP contribution is 2.54. The number of nitrogens with zero attached hydrogens (tertiary/aromatic N) is 2. The second-order valence-electron chi connectivity index (χ2n) is 12.9. The molecule has 0 fully saturated rings. The van der Waals surface area contributed by atoms with Crippen LogP contribution in [0.1, 0.15) is 29.9 Å². The van der Waals surface area contributed by atoms with Gasteiger partial charge in [0.25, 0.3) is 0 Å². The molecule has 2 aliphatic heterocycles. The molecule has 4 aliphatic rings. The van der Waals surface area contributed by atoms with E-state index in [0.29, 0.717) is 5.92 Å². The van der Waals surface area contributed by atoms with Crippen molar-refractivity contribution in [3.63, 3.8) is 0 Å². The average Bonchev–Trinajstić information content (AvgIpc) is 3.76. The monoisotopic (exact) mass is 592 g/mol. The molecule has 4 unspecified atom stereocenters. The number of hydrogen-bond acceptors (Lipinski definition) is 2. The van der Waals surface area contributed by atoms with Crippen LogP contribution in [0.2, 0.25) is 0 Å². The summed E-state index contributed by atoms with van der Waals surface area (Å²) in [4.78, 5) is 2.54. The Kier molecular flexibility index (Phi) is 5.45. The van der Waals surface area contributed by atoms with Gasteiger partial charge < -0.3 is 14.2 Å². The Morgan fingerprint density at radius 2 is 1.43 bits per heavy atom. The van der Waals surface area contributed by atoms with Crippen molar-refractivity contribution in [2.75, 3.05) is 4.90 Å². The SMILES string of the molecule is CC1C=C(n2c3ccccc3c3ccc4c(c32)C2C=CC=CC2N4c2ccc(-c3ccccc3)cc2)C=C2Oc3ccccc3C21. The third-order valence-corrected chi connectivity index (χ3v) is 10.4. The summed E-state index contributed by atoms with van der Waals surface area (Å²) in [6.07, 6.45) is 13.9. The van der Waals surface area contributed by atoms with Crippen LogP contribution < -0.4 is 9.64 Å². The van der Waals surface area contributed by atoms with Gasteiger partial charge in [-0.3, -0.25) is 0 Å². The van der Waals surface area contributed by atoms with Crippen molar-refractivity contribution in [3.8, 4) is 16.9 Å². The first-order chi connectivity index (χ1) is 22.7. The highest BCUT2D eigenvalue weighted by Gasteiger charge is 2.41. The van der Waals surface area contributed by atoms with E-state index in [9.17, 15) is 0 Å². The van der Waals surface area contributed by atoms with Gasteiger partial charge in [-0.05, 0) is 47.4 Å². The molecule has 0 spiro atoms. The standard InChI is InChI=1S/C43H32N2O/c1-27-25-31(26-40-41(27)35-15-7-10-18-39(35)46-40)45-36-16-8-5-13-32(36)33-23-24-38-42(43(33)45)34-14-6-9-17-37(34)44(38)30-21-19-29(20-22-30)28-11-3-2-4-12-28/h2-27,34,37,41H,1H3. The Labute approximate surface area is 268 Å². The second kappa shape index (κ2) is 9.73. The lowest BCUT2D eigenvalue weighted by molar-refractivity contribution is 0.404. The van der Waals surface area contributed by atoms with E-state index in [1.807, 2.05) is 0 Å². The van der Waals surface area contributed by atoms with Crippen molar-refractivity contribution in [3.05, 3.63) is 169 Å². The van der Waals surface area contributed by atoms with Gasteiger partial charge in [0, 0.05) is 51.0 Å². The van der Waals surface area contributed by atoms with Crippen molar-refractivity contribution < 1.29 is 4.74 Å². The van der Waals surface area contributed by atoms with Crippen molar-refractivity contribution in [1.82, 2.24) is 4.57 Å². The molecule has 220 valence electrons. The van der Waals surface area contributed by atoms with E-state index in [-0.39, 0.29) is 17.9 Å². The van der Waals surface area contributed by atoms with E-state index < -0.39 is 0 Å². The van der Waals surface area contributed by atoms with Gasteiger partial charge in [0.2, 0.25) is 0 Å². The zero-order valence-electron chi connectivity index (χ0n) is 25.5. The second-order valence-corrected chi connectivity index (χ2v) is 12.9. The highest BCUT2D eigenvalue weighted by atomic mass is 16.5. The molecular weight excluding hydrogens is 560 g/mol. The summed E-state index contributed by atoms with van der Waals surface area (Å²) in [6, 6.07) is 42.0. The highest BCUT2D eigenvalue weighted by molar-refractivity contribution is 6.13. The maximum Gasteiger partial charge on any atom is 0.130 e. The molecule has 6 aromatic rings. The van der Waals surface area contributed by atoms with Crippen molar-refractivity contribution in [1.29, 1.82) is 0 Å². The van der Waals surface area contributed by atoms with Crippen LogP contribution in [0.15, 0.2) is 157 Å². The van der Waals surface area contributed by atoms with E-state index in [1.165, 1.54) is 61.1 Å². The molecule has 0 saturated heterocycles. The molecule has 1 aromatic heterocycles. The Hall–Kier alpha value is -5.54. The maximum atomic E-state index is 6.51. The van der Waals surface area contributed by atoms with Crippen LogP contribution in [0, 0.1) is 5.92 Å². The van der Waals surface area contributed by atoms with E-state index in [1.54, 1.807) is 0 Å². The summed E-state index contributed by atoms with van der Waals surface area (Å²) in [5, 5.41) is 2.57. The van der Waals surface area contributed by atoms with Gasteiger partial charge in [0.15, 0.2) is 0 Å². The Morgan fingerprint density at radius 3 is 2.33 bits per heavy atom. The molecule has 10 rings (SSSR count). The molecule has 0 radical (unpaired) electrons. The third-order valence-electron chi connectivity index (χ3n) is 10.4. The number of benzene rings is 5. The summed E-state index contributed by atoms with van der Waals surface area (Å²) in [6.45, 7) is 2.33. The zero-order chi connectivity index (χ0) is 30.4. The minimum atomic E-state index is 0.203. The van der Waals surface area contributed by atoms with Crippen LogP contribution in [0.5, 0.6) is 5.75 Å². The molecule has 0 N–H and O–H groups in total. The summed E-state index contributed by atoms with van der Waals surface area (Å²) in [5.74, 6) is 2.82. The predicted molar refractivity (Wildman–Crippen MR) is 190 cm³/mol. The van der Waals surface area contributed by atoms with Gasteiger partial charge in [-0.25, -0.2) is 0 Å². The van der Waals surface area contributed by atoms with Gasteiger partial charge >= 0.3 is 0 Å². The number of allylic oxidation sites excluding steroid dienone is 6. The van der Waals surface area contributed by atoms with Crippen LogP contribution in [0.25, 0.3) is 38.6 Å². The normalized spacial score (nSPS) is 22.2. The first-order valence-electron chi connectivity index (χ1n) is 16.3. The first-order valence-corrected chi connectivity index (χ1v) is 16.3. The van der Waals surface area contributed by atoms with Crippen molar-refractivity contribution >= 4 is 38.9 Å². The Balaban J connectivity index is 1.18. The molecule has 0 bridgehead atoms. The van der Waals surface area contributed by atoms with Crippen molar-refractivity contribution in [2.45, 2.75) is 24.8 Å². The molecule has 2 aliphatic carbocycles. The van der Waals surface area contributed by atoms with E-state index in [0.717, 1.165) is 11.5 Å². The summed E-state index contributed by atoms with van der Waals surface area (Å²) in [5.41, 5.74) is 11.3. The zero-order valence-corrected chi connectivity index (χ0v) is 25.5. The Bertz CT molecular complexity index is 2320. The summed E-state index contributed by atoms with van der Waals surface area (Å²) < 4.78 is 9.02.